The van der Waals surface area contributed by atoms with Gasteiger partial charge in [-0.15, -0.1) is 0 Å². The molecule has 1 aromatic carbocycles. The van der Waals surface area contributed by atoms with Crippen molar-refractivity contribution in [2.45, 2.75) is 44.8 Å². The lowest BCUT2D eigenvalue weighted by atomic mass is 9.62. The summed E-state index contributed by atoms with van der Waals surface area (Å²) in [4.78, 5) is 4.29. The first-order valence-corrected chi connectivity index (χ1v) is 11.9. The molecule has 3 heterocycles. The van der Waals surface area contributed by atoms with Gasteiger partial charge in [0, 0.05) is 40.7 Å². The fraction of sp³-hybridized carbons (Fsp3) is 0.417. The van der Waals surface area contributed by atoms with Gasteiger partial charge in [-0.05, 0) is 62.8 Å². The molecular formula is C24H26Cl2FN5O. The van der Waals surface area contributed by atoms with E-state index in [9.17, 15) is 4.39 Å². The van der Waals surface area contributed by atoms with Crippen molar-refractivity contribution in [3.63, 3.8) is 0 Å². The Morgan fingerprint density at radius 3 is 2.85 bits per heavy atom. The van der Waals surface area contributed by atoms with Gasteiger partial charge in [-0.3, -0.25) is 4.68 Å². The summed E-state index contributed by atoms with van der Waals surface area (Å²) in [5, 5.41) is 8.39. The van der Waals surface area contributed by atoms with Crippen LogP contribution in [0.2, 0.25) is 10.0 Å². The minimum Gasteiger partial charge on any atom is -0.482 e. The number of ether oxygens (including phenoxy) is 1. The number of nitrogens with one attached hydrogen (secondary N) is 1. The van der Waals surface area contributed by atoms with E-state index in [4.69, 9.17) is 33.7 Å². The molecule has 1 aliphatic heterocycles. The molecule has 1 saturated carbocycles. The lowest BCUT2D eigenvalue weighted by Crippen LogP contribution is -2.49. The van der Waals surface area contributed by atoms with Gasteiger partial charge in [0.05, 0.1) is 17.3 Å². The smallest absolute Gasteiger partial charge is 0.166 e. The van der Waals surface area contributed by atoms with E-state index in [0.717, 1.165) is 37.1 Å². The predicted molar refractivity (Wildman–Crippen MR) is 128 cm³/mol. The van der Waals surface area contributed by atoms with Crippen LogP contribution in [0.15, 0.2) is 36.8 Å². The lowest BCUT2D eigenvalue weighted by molar-refractivity contribution is 0.0292. The SMILES string of the molecule is C[C@H](Oc1cc(-c2cnn([C@H]3C[C@@]4(CCCNC4)C3)c2)cnc1N)c1c(Cl)ccc(F)c1Cl. The molecule has 1 atom stereocenters. The van der Waals surface area contributed by atoms with Crippen molar-refractivity contribution in [1.29, 1.82) is 0 Å². The number of hydrogen-bond donors (Lipinski definition) is 2. The third kappa shape index (κ3) is 4.29. The van der Waals surface area contributed by atoms with Crippen molar-refractivity contribution in [3.05, 3.63) is 58.2 Å². The fourth-order valence-electron chi connectivity index (χ4n) is 5.06. The van der Waals surface area contributed by atoms with Gasteiger partial charge in [0.2, 0.25) is 0 Å². The van der Waals surface area contributed by atoms with Crippen LogP contribution in [0.3, 0.4) is 0 Å². The van der Waals surface area contributed by atoms with Crippen LogP contribution in [0, 0.1) is 11.2 Å². The van der Waals surface area contributed by atoms with Gasteiger partial charge in [0.1, 0.15) is 11.9 Å². The second kappa shape index (κ2) is 8.78. The number of rotatable bonds is 5. The molecule has 0 unspecified atom stereocenters. The first-order valence-electron chi connectivity index (χ1n) is 11.2. The molecule has 3 N–H and O–H groups in total. The molecule has 2 aromatic heterocycles. The summed E-state index contributed by atoms with van der Waals surface area (Å²) in [6.45, 7) is 3.98. The first-order chi connectivity index (χ1) is 15.8. The van der Waals surface area contributed by atoms with E-state index in [1.807, 2.05) is 12.3 Å². The molecule has 1 saturated heterocycles. The van der Waals surface area contributed by atoms with E-state index < -0.39 is 11.9 Å². The van der Waals surface area contributed by atoms with E-state index in [-0.39, 0.29) is 10.8 Å². The Labute approximate surface area is 202 Å². The summed E-state index contributed by atoms with van der Waals surface area (Å²) in [7, 11) is 0. The zero-order chi connectivity index (χ0) is 23.2. The van der Waals surface area contributed by atoms with Crippen molar-refractivity contribution in [3.8, 4) is 16.9 Å². The number of pyridine rings is 1. The molecule has 174 valence electrons. The number of aromatic nitrogens is 3. The molecule has 1 spiro atoms. The third-order valence-electron chi connectivity index (χ3n) is 6.88. The van der Waals surface area contributed by atoms with E-state index in [1.54, 1.807) is 13.1 Å². The topological polar surface area (TPSA) is 78.0 Å². The molecular weight excluding hydrogens is 464 g/mol. The van der Waals surface area contributed by atoms with Gasteiger partial charge in [-0.2, -0.15) is 5.10 Å². The Kier molecular flexibility index (Phi) is 5.97. The van der Waals surface area contributed by atoms with Gasteiger partial charge >= 0.3 is 0 Å². The zero-order valence-electron chi connectivity index (χ0n) is 18.3. The van der Waals surface area contributed by atoms with Crippen LogP contribution in [0.5, 0.6) is 5.75 Å². The second-order valence-corrected chi connectivity index (χ2v) is 9.96. The zero-order valence-corrected chi connectivity index (χ0v) is 19.8. The van der Waals surface area contributed by atoms with Crippen molar-refractivity contribution in [1.82, 2.24) is 20.1 Å². The van der Waals surface area contributed by atoms with E-state index in [1.165, 1.54) is 25.0 Å². The Bertz CT molecular complexity index is 1170. The maximum Gasteiger partial charge on any atom is 0.166 e. The largest absolute Gasteiger partial charge is 0.482 e. The summed E-state index contributed by atoms with van der Waals surface area (Å²) in [6.07, 6.45) is 9.82. The molecule has 1 aliphatic carbocycles. The van der Waals surface area contributed by atoms with Crippen molar-refractivity contribution in [2.75, 3.05) is 18.8 Å². The minimum atomic E-state index is -0.627. The standard InChI is InChI=1S/C24H26Cl2FN5O/c1-14(21-18(25)3-4-19(27)22(21)26)33-20-7-15(10-30-23(20)28)16-11-31-32(12-16)17-8-24(9-17)5-2-6-29-13-24/h3-4,7,10-12,14,17,29H,2,5-6,8-9,13H2,1H3,(H2,28,30)/t14-,17-,24-/m0/s1. The summed E-state index contributed by atoms with van der Waals surface area (Å²) < 4.78 is 22.0. The fourth-order valence-corrected chi connectivity index (χ4v) is 5.74. The highest BCUT2D eigenvalue weighted by Gasteiger charge is 2.45. The van der Waals surface area contributed by atoms with Crippen molar-refractivity contribution >= 4 is 29.0 Å². The lowest BCUT2D eigenvalue weighted by Gasteiger charge is -2.50. The van der Waals surface area contributed by atoms with Crippen LogP contribution in [0.25, 0.3) is 11.1 Å². The molecule has 6 nitrogen and oxygen atoms in total. The highest BCUT2D eigenvalue weighted by molar-refractivity contribution is 6.36. The number of anilines is 1. The maximum absolute atomic E-state index is 13.9. The highest BCUT2D eigenvalue weighted by atomic mass is 35.5. The quantitative estimate of drug-likeness (QED) is 0.441. The Morgan fingerprint density at radius 1 is 1.27 bits per heavy atom. The molecule has 0 bridgehead atoms. The normalized spacial score (nSPS) is 23.3. The number of piperidine rings is 1. The van der Waals surface area contributed by atoms with Crippen molar-refractivity contribution < 1.29 is 9.13 Å². The van der Waals surface area contributed by atoms with Gasteiger partial charge in [0.25, 0.3) is 0 Å². The van der Waals surface area contributed by atoms with Crippen LogP contribution >= 0.6 is 23.2 Å². The van der Waals surface area contributed by atoms with Gasteiger partial charge in [-0.1, -0.05) is 23.2 Å². The number of nitrogen functional groups attached to an aromatic ring is 1. The number of hydrogen-bond acceptors (Lipinski definition) is 5. The number of nitrogens with zero attached hydrogens (tertiary/aromatic N) is 3. The van der Waals surface area contributed by atoms with Gasteiger partial charge < -0.3 is 15.8 Å². The van der Waals surface area contributed by atoms with Gasteiger partial charge in [0.15, 0.2) is 11.6 Å². The molecule has 3 aromatic rings. The third-order valence-corrected chi connectivity index (χ3v) is 7.59. The molecule has 2 fully saturated rings. The minimum absolute atomic E-state index is 0.0644. The summed E-state index contributed by atoms with van der Waals surface area (Å²) >= 11 is 12.4. The molecule has 0 radical (unpaired) electrons. The maximum atomic E-state index is 13.9. The Balaban J connectivity index is 1.33. The van der Waals surface area contributed by atoms with Crippen molar-refractivity contribution in [2.24, 2.45) is 5.41 Å². The number of benzene rings is 1. The Morgan fingerprint density at radius 2 is 2.09 bits per heavy atom. The van der Waals surface area contributed by atoms with E-state index >= 15 is 0 Å². The average molecular weight is 490 g/mol. The Hall–Kier alpha value is -2.35. The second-order valence-electron chi connectivity index (χ2n) is 9.18. The molecule has 2 aliphatic rings. The molecule has 9 heteroatoms. The molecule has 5 rings (SSSR count). The van der Waals surface area contributed by atoms with Gasteiger partial charge in [-0.25, -0.2) is 9.37 Å². The average Bonchev–Trinajstić information content (AvgIpc) is 3.27. The van der Waals surface area contributed by atoms with Crippen LogP contribution < -0.4 is 15.8 Å². The van der Waals surface area contributed by atoms with Crippen LogP contribution in [-0.4, -0.2) is 27.9 Å². The van der Waals surface area contributed by atoms with Crippen LogP contribution in [0.1, 0.15) is 50.3 Å². The summed E-state index contributed by atoms with van der Waals surface area (Å²) in [5.41, 5.74) is 8.64. The first kappa shape index (κ1) is 22.4. The van der Waals surface area contributed by atoms with E-state index in [0.29, 0.717) is 27.8 Å². The summed E-state index contributed by atoms with van der Waals surface area (Å²) in [6, 6.07) is 4.92. The summed E-state index contributed by atoms with van der Waals surface area (Å²) in [5.74, 6) is 0.0490. The molecule has 33 heavy (non-hydrogen) atoms. The van der Waals surface area contributed by atoms with Crippen LogP contribution in [0.4, 0.5) is 10.2 Å². The number of nitrogens with two attached hydrogens (primary N) is 1. The van der Waals surface area contributed by atoms with E-state index in [2.05, 4.69) is 26.3 Å². The molecule has 0 amide bonds. The number of halogens is 3. The van der Waals surface area contributed by atoms with Crippen LogP contribution in [-0.2, 0) is 0 Å². The highest BCUT2D eigenvalue weighted by Crippen LogP contribution is 2.52. The monoisotopic (exact) mass is 489 g/mol. The predicted octanol–water partition coefficient (Wildman–Crippen LogP) is 5.82.